The smallest absolute Gasteiger partial charge is 0.0393 e. The lowest BCUT2D eigenvalue weighted by atomic mass is 9.70. The standard InChI is InChI=1S/C23H34N2.C4H10/c1-6-18(15-24)20(19-10-12-23(4,5)13-11-19)14-17(3)22-16(2)8-7-9-21(22)25;1-3-4-2/h6-9,14,19H,1,10-13,15,24-25H2,2-5H3;3-4H2,1-2H3/b17-14+,20-18-;. The molecule has 162 valence electrons. The maximum atomic E-state index is 6.25. The first kappa shape index (κ1) is 25.2. The van der Waals surface area contributed by atoms with Crippen LogP contribution in [0.4, 0.5) is 5.69 Å². The minimum atomic E-state index is 0.456. The van der Waals surface area contributed by atoms with Crippen LogP contribution >= 0.6 is 0 Å². The van der Waals surface area contributed by atoms with Gasteiger partial charge < -0.3 is 11.5 Å². The summed E-state index contributed by atoms with van der Waals surface area (Å²) in [5, 5.41) is 0. The van der Waals surface area contributed by atoms with Crippen molar-refractivity contribution in [1.82, 2.24) is 0 Å². The van der Waals surface area contributed by atoms with Gasteiger partial charge in [-0.1, -0.05) is 71.4 Å². The molecule has 0 amide bonds. The molecule has 1 aromatic carbocycles. The van der Waals surface area contributed by atoms with E-state index in [-0.39, 0.29) is 0 Å². The summed E-state index contributed by atoms with van der Waals surface area (Å²) < 4.78 is 0. The molecule has 0 radical (unpaired) electrons. The lowest BCUT2D eigenvalue weighted by Gasteiger charge is -2.35. The summed E-state index contributed by atoms with van der Waals surface area (Å²) >= 11 is 0. The fraction of sp³-hybridized carbons (Fsp3) is 0.556. The van der Waals surface area contributed by atoms with Gasteiger partial charge in [-0.15, -0.1) is 0 Å². The highest BCUT2D eigenvalue weighted by atomic mass is 14.6. The second kappa shape index (κ2) is 12.0. The Labute approximate surface area is 180 Å². The third kappa shape index (κ3) is 7.51. The first-order valence-electron chi connectivity index (χ1n) is 11.3. The van der Waals surface area contributed by atoms with E-state index >= 15 is 0 Å². The van der Waals surface area contributed by atoms with E-state index in [1.807, 2.05) is 18.2 Å². The summed E-state index contributed by atoms with van der Waals surface area (Å²) in [7, 11) is 0. The van der Waals surface area contributed by atoms with Gasteiger partial charge in [-0.3, -0.25) is 0 Å². The molecule has 2 rings (SSSR count). The van der Waals surface area contributed by atoms with Crippen molar-refractivity contribution in [3.05, 3.63) is 59.2 Å². The molecule has 0 unspecified atom stereocenters. The van der Waals surface area contributed by atoms with Crippen molar-refractivity contribution >= 4 is 11.3 Å². The van der Waals surface area contributed by atoms with E-state index in [9.17, 15) is 0 Å². The SMILES string of the molecule is C=C/C(CN)=C(\C=C(/C)c1c(C)cccc1N)C1CCC(C)(C)CC1.CCCC. The van der Waals surface area contributed by atoms with E-state index in [0.717, 1.165) is 16.8 Å². The minimum Gasteiger partial charge on any atom is -0.398 e. The molecule has 1 aromatic rings. The van der Waals surface area contributed by atoms with Crippen molar-refractivity contribution in [3.8, 4) is 0 Å². The van der Waals surface area contributed by atoms with Gasteiger partial charge in [0.25, 0.3) is 0 Å². The molecular weight excluding hydrogens is 352 g/mol. The Kier molecular flexibility index (Phi) is 10.5. The van der Waals surface area contributed by atoms with Crippen LogP contribution in [-0.2, 0) is 0 Å². The molecule has 0 saturated heterocycles. The van der Waals surface area contributed by atoms with Gasteiger partial charge in [0.15, 0.2) is 0 Å². The van der Waals surface area contributed by atoms with Crippen LogP contribution in [0.15, 0.2) is 48.1 Å². The number of anilines is 1. The zero-order valence-electron chi connectivity index (χ0n) is 19.8. The molecule has 0 spiro atoms. The monoisotopic (exact) mass is 396 g/mol. The molecule has 2 heteroatoms. The third-order valence-corrected chi connectivity index (χ3v) is 6.19. The molecule has 1 aliphatic rings. The molecule has 1 fully saturated rings. The molecule has 0 heterocycles. The second-order valence-corrected chi connectivity index (χ2v) is 9.19. The van der Waals surface area contributed by atoms with Gasteiger partial charge in [0, 0.05) is 17.8 Å². The molecule has 0 aliphatic heterocycles. The molecule has 0 atom stereocenters. The quantitative estimate of drug-likeness (QED) is 0.387. The number of hydrogen-bond donors (Lipinski definition) is 2. The maximum Gasteiger partial charge on any atom is 0.0393 e. The van der Waals surface area contributed by atoms with Crippen LogP contribution in [-0.4, -0.2) is 6.54 Å². The second-order valence-electron chi connectivity index (χ2n) is 9.19. The summed E-state index contributed by atoms with van der Waals surface area (Å²) in [6.07, 6.45) is 11.8. The molecule has 1 aliphatic carbocycles. The molecule has 4 N–H and O–H groups in total. The lowest BCUT2D eigenvalue weighted by Crippen LogP contribution is -2.23. The van der Waals surface area contributed by atoms with Crippen LogP contribution in [0.5, 0.6) is 0 Å². The minimum absolute atomic E-state index is 0.456. The summed E-state index contributed by atoms with van der Waals surface area (Å²) in [5.41, 5.74) is 19.7. The van der Waals surface area contributed by atoms with Crippen molar-refractivity contribution < 1.29 is 0 Å². The molecule has 0 aromatic heterocycles. The van der Waals surface area contributed by atoms with Gasteiger partial charge in [0.05, 0.1) is 0 Å². The Bertz CT molecular complexity index is 690. The Hall–Kier alpha value is -1.80. The van der Waals surface area contributed by atoms with Crippen LogP contribution < -0.4 is 11.5 Å². The topological polar surface area (TPSA) is 52.0 Å². The van der Waals surface area contributed by atoms with Crippen molar-refractivity contribution in [1.29, 1.82) is 0 Å². The number of unbranched alkanes of at least 4 members (excludes halogenated alkanes) is 1. The summed E-state index contributed by atoms with van der Waals surface area (Å²) in [4.78, 5) is 0. The van der Waals surface area contributed by atoms with E-state index in [2.05, 4.69) is 60.3 Å². The van der Waals surface area contributed by atoms with Crippen LogP contribution in [0.1, 0.15) is 84.3 Å². The van der Waals surface area contributed by atoms with E-state index < -0.39 is 0 Å². The third-order valence-electron chi connectivity index (χ3n) is 6.19. The molecule has 1 saturated carbocycles. The predicted octanol–water partition coefficient (Wildman–Crippen LogP) is 7.44. The van der Waals surface area contributed by atoms with E-state index in [1.54, 1.807) is 0 Å². The normalized spacial score (nSPS) is 17.8. The van der Waals surface area contributed by atoms with Crippen LogP contribution in [0.25, 0.3) is 5.57 Å². The summed E-state index contributed by atoms with van der Waals surface area (Å²) in [6.45, 7) is 17.9. The van der Waals surface area contributed by atoms with Crippen molar-refractivity contribution in [3.63, 3.8) is 0 Å². The largest absolute Gasteiger partial charge is 0.398 e. The van der Waals surface area contributed by atoms with Crippen LogP contribution in [0.2, 0.25) is 0 Å². The highest BCUT2D eigenvalue weighted by Gasteiger charge is 2.29. The fourth-order valence-electron chi connectivity index (χ4n) is 4.04. The van der Waals surface area contributed by atoms with Crippen molar-refractivity contribution in [2.75, 3.05) is 12.3 Å². The Morgan fingerprint density at radius 2 is 1.76 bits per heavy atom. The molecular formula is C27H44N2. The number of rotatable bonds is 6. The van der Waals surface area contributed by atoms with Gasteiger partial charge in [-0.25, -0.2) is 0 Å². The van der Waals surface area contributed by atoms with Crippen molar-refractivity contribution in [2.24, 2.45) is 17.1 Å². The highest BCUT2D eigenvalue weighted by molar-refractivity contribution is 5.78. The lowest BCUT2D eigenvalue weighted by molar-refractivity contribution is 0.209. The Morgan fingerprint density at radius 3 is 2.21 bits per heavy atom. The average Bonchev–Trinajstić information content (AvgIpc) is 2.68. The predicted molar refractivity (Wildman–Crippen MR) is 132 cm³/mol. The van der Waals surface area contributed by atoms with Crippen LogP contribution in [0, 0.1) is 18.3 Å². The van der Waals surface area contributed by atoms with Gasteiger partial charge >= 0.3 is 0 Å². The molecule has 29 heavy (non-hydrogen) atoms. The first-order valence-corrected chi connectivity index (χ1v) is 11.3. The first-order chi connectivity index (χ1) is 13.7. The fourth-order valence-corrected chi connectivity index (χ4v) is 4.04. The number of nitrogens with two attached hydrogens (primary N) is 2. The number of benzene rings is 1. The maximum absolute atomic E-state index is 6.25. The van der Waals surface area contributed by atoms with Crippen molar-refractivity contribution in [2.45, 2.75) is 80.1 Å². The number of nitrogen functional groups attached to an aromatic ring is 1. The van der Waals surface area contributed by atoms with E-state index in [4.69, 9.17) is 11.5 Å². The number of aryl methyl sites for hydroxylation is 1. The van der Waals surface area contributed by atoms with E-state index in [1.165, 1.54) is 55.2 Å². The number of hydrogen-bond acceptors (Lipinski definition) is 2. The van der Waals surface area contributed by atoms with Gasteiger partial charge in [-0.05, 0) is 79.2 Å². The van der Waals surface area contributed by atoms with E-state index in [0.29, 0.717) is 17.9 Å². The Morgan fingerprint density at radius 1 is 1.17 bits per heavy atom. The van der Waals surface area contributed by atoms with Gasteiger partial charge in [0.2, 0.25) is 0 Å². The number of allylic oxidation sites excluding steroid dienone is 3. The van der Waals surface area contributed by atoms with Crippen LogP contribution in [0.3, 0.4) is 0 Å². The van der Waals surface area contributed by atoms with Gasteiger partial charge in [0.1, 0.15) is 0 Å². The Balaban J connectivity index is 0.000000960. The zero-order chi connectivity index (χ0) is 22.0. The summed E-state index contributed by atoms with van der Waals surface area (Å²) in [5.74, 6) is 0.560. The summed E-state index contributed by atoms with van der Waals surface area (Å²) in [6, 6.07) is 6.10. The zero-order valence-corrected chi connectivity index (χ0v) is 19.8. The van der Waals surface area contributed by atoms with Gasteiger partial charge in [-0.2, -0.15) is 0 Å². The highest BCUT2D eigenvalue weighted by Crippen LogP contribution is 2.42. The molecule has 0 bridgehead atoms. The molecule has 2 nitrogen and oxygen atoms in total. The average molecular weight is 397 g/mol.